The first-order valence-corrected chi connectivity index (χ1v) is 5.04. The van der Waals surface area contributed by atoms with Gasteiger partial charge in [-0.05, 0) is 12.8 Å². The molecule has 6 N–H and O–H groups in total. The molecule has 3 aliphatic heterocycles. The van der Waals surface area contributed by atoms with E-state index in [9.17, 15) is 0 Å². The van der Waals surface area contributed by atoms with Crippen LogP contribution in [0.25, 0.3) is 0 Å². The number of nitrogens with one attached hydrogen (secondary N) is 2. The predicted octanol–water partition coefficient (Wildman–Crippen LogP) is -1.03. The van der Waals surface area contributed by atoms with E-state index in [2.05, 4.69) is 15.6 Å². The highest BCUT2D eigenvalue weighted by molar-refractivity contribution is 5.83. The van der Waals surface area contributed by atoms with Crippen LogP contribution < -0.4 is 22.1 Å². The van der Waals surface area contributed by atoms with E-state index < -0.39 is 5.91 Å². The second kappa shape index (κ2) is 2.56. The van der Waals surface area contributed by atoms with Crippen LogP contribution in [-0.2, 0) is 0 Å². The molecule has 5 nitrogen and oxygen atoms in total. The Morgan fingerprint density at radius 2 is 2.29 bits per heavy atom. The summed E-state index contributed by atoms with van der Waals surface area (Å²) in [6.07, 6.45) is 5.24. The van der Waals surface area contributed by atoms with Crippen molar-refractivity contribution < 1.29 is 0 Å². The smallest absolute Gasteiger partial charge is 0.239 e. The van der Waals surface area contributed by atoms with E-state index in [0.717, 1.165) is 6.42 Å². The van der Waals surface area contributed by atoms with Crippen LogP contribution >= 0.6 is 0 Å². The van der Waals surface area contributed by atoms with Crippen molar-refractivity contribution in [2.45, 2.75) is 37.3 Å². The number of fused-ring (bicyclic) bond motifs is 3. The molecule has 2 unspecified atom stereocenters. The summed E-state index contributed by atoms with van der Waals surface area (Å²) in [6.45, 7) is 0. The molecule has 2 atom stereocenters. The van der Waals surface area contributed by atoms with E-state index in [1.165, 1.54) is 24.1 Å². The number of hydrogen-bond donors (Lipinski definition) is 4. The molecule has 3 aliphatic rings. The van der Waals surface area contributed by atoms with Crippen molar-refractivity contribution >= 4 is 6.21 Å². The highest BCUT2D eigenvalue weighted by atomic mass is 15.4. The van der Waals surface area contributed by atoms with Crippen LogP contribution in [0, 0.1) is 0 Å². The third kappa shape index (κ3) is 1.17. The SMILES string of the molecule is NC1(N)N=CC2=C(CC3CCC2N3)N1. The third-order valence-electron chi connectivity index (χ3n) is 3.18. The van der Waals surface area contributed by atoms with Gasteiger partial charge in [-0.25, -0.2) is 4.99 Å². The summed E-state index contributed by atoms with van der Waals surface area (Å²) in [5.41, 5.74) is 13.8. The van der Waals surface area contributed by atoms with E-state index in [1.54, 1.807) is 0 Å². The van der Waals surface area contributed by atoms with E-state index in [-0.39, 0.29) is 0 Å². The van der Waals surface area contributed by atoms with Crippen LogP contribution in [0.4, 0.5) is 0 Å². The molecule has 0 spiro atoms. The molecule has 0 saturated carbocycles. The minimum Gasteiger partial charge on any atom is -0.339 e. The molecule has 2 bridgehead atoms. The van der Waals surface area contributed by atoms with Crippen LogP contribution in [0.15, 0.2) is 16.3 Å². The first-order valence-electron chi connectivity index (χ1n) is 5.04. The Labute approximate surface area is 82.6 Å². The molecule has 76 valence electrons. The molecule has 0 amide bonds. The molecule has 0 radical (unpaired) electrons. The Bertz CT molecular complexity index is 330. The molecule has 0 aliphatic carbocycles. The first kappa shape index (κ1) is 8.40. The number of aliphatic imine (C=N–C) groups is 1. The van der Waals surface area contributed by atoms with Crippen molar-refractivity contribution in [2.75, 3.05) is 0 Å². The van der Waals surface area contributed by atoms with E-state index >= 15 is 0 Å². The average molecular weight is 193 g/mol. The minimum atomic E-state index is -1.10. The van der Waals surface area contributed by atoms with Crippen molar-refractivity contribution in [1.29, 1.82) is 0 Å². The molecule has 3 heterocycles. The molecule has 14 heavy (non-hydrogen) atoms. The Kier molecular flexibility index (Phi) is 1.54. The lowest BCUT2D eigenvalue weighted by atomic mass is 10.00. The third-order valence-corrected chi connectivity index (χ3v) is 3.18. The van der Waals surface area contributed by atoms with Gasteiger partial charge < -0.3 is 10.6 Å². The Morgan fingerprint density at radius 1 is 1.43 bits per heavy atom. The maximum Gasteiger partial charge on any atom is 0.239 e. The van der Waals surface area contributed by atoms with Crippen LogP contribution in [0.1, 0.15) is 19.3 Å². The van der Waals surface area contributed by atoms with Gasteiger partial charge in [0.05, 0.1) is 0 Å². The van der Waals surface area contributed by atoms with Crippen LogP contribution in [0.3, 0.4) is 0 Å². The molecular formula is C9H15N5. The predicted molar refractivity (Wildman–Crippen MR) is 54.3 cm³/mol. The largest absolute Gasteiger partial charge is 0.339 e. The van der Waals surface area contributed by atoms with Crippen molar-refractivity contribution in [1.82, 2.24) is 10.6 Å². The van der Waals surface area contributed by atoms with Gasteiger partial charge in [-0.1, -0.05) is 0 Å². The fourth-order valence-electron chi connectivity index (χ4n) is 2.54. The van der Waals surface area contributed by atoms with Crippen LogP contribution in [0.2, 0.25) is 0 Å². The van der Waals surface area contributed by atoms with Crippen molar-refractivity contribution in [3.63, 3.8) is 0 Å². The zero-order valence-electron chi connectivity index (χ0n) is 7.96. The van der Waals surface area contributed by atoms with Crippen LogP contribution in [-0.4, -0.2) is 24.2 Å². The standard InChI is InChI=1S/C9H15N5/c10-9(11)12-4-6-7-2-1-5(13-7)3-8(6)14-9/h4-5,7,13-14H,1-3,10-11H2. The summed E-state index contributed by atoms with van der Waals surface area (Å²) in [5, 5.41) is 6.64. The molecular weight excluding hydrogens is 178 g/mol. The normalized spacial score (nSPS) is 38.1. The lowest BCUT2D eigenvalue weighted by Gasteiger charge is -2.34. The summed E-state index contributed by atoms with van der Waals surface area (Å²) < 4.78 is 0. The summed E-state index contributed by atoms with van der Waals surface area (Å²) in [6, 6.07) is 1.05. The van der Waals surface area contributed by atoms with Gasteiger partial charge in [-0.2, -0.15) is 0 Å². The molecule has 0 aromatic heterocycles. The quantitative estimate of drug-likeness (QED) is 0.370. The Hall–Kier alpha value is -0.910. The van der Waals surface area contributed by atoms with Gasteiger partial charge in [0.2, 0.25) is 5.91 Å². The van der Waals surface area contributed by atoms with E-state index in [1.807, 2.05) is 6.21 Å². The molecule has 0 aromatic rings. The zero-order valence-corrected chi connectivity index (χ0v) is 7.96. The van der Waals surface area contributed by atoms with Gasteiger partial charge in [-0.15, -0.1) is 0 Å². The van der Waals surface area contributed by atoms with Crippen molar-refractivity contribution in [2.24, 2.45) is 16.5 Å². The van der Waals surface area contributed by atoms with Gasteiger partial charge in [0.15, 0.2) is 0 Å². The zero-order chi connectivity index (χ0) is 9.76. The fourth-order valence-corrected chi connectivity index (χ4v) is 2.54. The van der Waals surface area contributed by atoms with E-state index in [0.29, 0.717) is 12.1 Å². The average Bonchev–Trinajstić information content (AvgIpc) is 2.46. The highest BCUT2D eigenvalue weighted by Crippen LogP contribution is 2.31. The lowest BCUT2D eigenvalue weighted by molar-refractivity contribution is 0.369. The van der Waals surface area contributed by atoms with Gasteiger partial charge in [0.25, 0.3) is 0 Å². The first-order chi connectivity index (χ1) is 6.64. The summed E-state index contributed by atoms with van der Waals surface area (Å²) in [7, 11) is 0. The monoisotopic (exact) mass is 193 g/mol. The second-order valence-corrected chi connectivity index (χ2v) is 4.34. The molecule has 3 rings (SSSR count). The fraction of sp³-hybridized carbons (Fsp3) is 0.667. The summed E-state index contributed by atoms with van der Waals surface area (Å²) in [5.74, 6) is -1.10. The molecule has 0 aromatic carbocycles. The van der Waals surface area contributed by atoms with Gasteiger partial charge in [0, 0.05) is 36.0 Å². The maximum atomic E-state index is 5.71. The molecule has 5 heteroatoms. The maximum absolute atomic E-state index is 5.71. The summed E-state index contributed by atoms with van der Waals surface area (Å²) >= 11 is 0. The Morgan fingerprint density at radius 3 is 3.14 bits per heavy atom. The van der Waals surface area contributed by atoms with Crippen molar-refractivity contribution in [3.8, 4) is 0 Å². The highest BCUT2D eigenvalue weighted by Gasteiger charge is 2.37. The van der Waals surface area contributed by atoms with Gasteiger partial charge in [0.1, 0.15) is 0 Å². The van der Waals surface area contributed by atoms with E-state index in [4.69, 9.17) is 11.5 Å². The van der Waals surface area contributed by atoms with Crippen LogP contribution in [0.5, 0.6) is 0 Å². The number of rotatable bonds is 0. The number of nitrogens with two attached hydrogens (primary N) is 2. The topological polar surface area (TPSA) is 88.5 Å². The number of hydrogen-bond acceptors (Lipinski definition) is 5. The molecule has 1 fully saturated rings. The lowest BCUT2D eigenvalue weighted by Crippen LogP contribution is -2.62. The Balaban J connectivity index is 1.96. The molecule has 1 saturated heterocycles. The van der Waals surface area contributed by atoms with Gasteiger partial charge in [-0.3, -0.25) is 11.5 Å². The number of nitrogens with zero attached hydrogens (tertiary/aromatic N) is 1. The minimum absolute atomic E-state index is 0.455. The van der Waals surface area contributed by atoms with Gasteiger partial charge >= 0.3 is 0 Å². The van der Waals surface area contributed by atoms with Crippen molar-refractivity contribution in [3.05, 3.63) is 11.3 Å². The second-order valence-electron chi connectivity index (χ2n) is 4.34. The summed E-state index contributed by atoms with van der Waals surface area (Å²) in [4.78, 5) is 4.08.